The van der Waals surface area contributed by atoms with Crippen LogP contribution in [-0.2, 0) is 4.79 Å². The second kappa shape index (κ2) is 7.09. The minimum atomic E-state index is -0.104. The topological polar surface area (TPSA) is 55.1 Å². The minimum Gasteiger partial charge on any atom is -0.350 e. The van der Waals surface area contributed by atoms with Gasteiger partial charge in [0.1, 0.15) is 0 Å². The first-order chi connectivity index (χ1) is 9.17. The predicted octanol–water partition coefficient (Wildman–Crippen LogP) is 3.67. The molecule has 3 nitrogen and oxygen atoms in total. The maximum Gasteiger partial charge on any atom is 0.222 e. The monoisotopic (exact) mass is 296 g/mol. The summed E-state index contributed by atoms with van der Waals surface area (Å²) in [6.07, 6.45) is 1.19. The molecule has 0 aromatic heterocycles. The highest BCUT2D eigenvalue weighted by Gasteiger charge is 2.19. The van der Waals surface area contributed by atoms with Crippen LogP contribution in [0.4, 0.5) is 0 Å². The van der Waals surface area contributed by atoms with Crippen molar-refractivity contribution in [3.63, 3.8) is 0 Å². The zero-order chi connectivity index (χ0) is 15.3. The fraction of sp³-hybridized carbons (Fsp3) is 0.562. The van der Waals surface area contributed by atoms with E-state index in [-0.39, 0.29) is 23.4 Å². The van der Waals surface area contributed by atoms with E-state index in [4.69, 9.17) is 17.3 Å². The van der Waals surface area contributed by atoms with E-state index in [0.29, 0.717) is 11.4 Å². The van der Waals surface area contributed by atoms with Crippen LogP contribution >= 0.6 is 11.6 Å². The van der Waals surface area contributed by atoms with Crippen molar-refractivity contribution >= 4 is 17.5 Å². The number of hydrogen-bond donors (Lipinski definition) is 2. The zero-order valence-electron chi connectivity index (χ0n) is 12.7. The quantitative estimate of drug-likeness (QED) is 0.871. The van der Waals surface area contributed by atoms with Crippen LogP contribution in [-0.4, -0.2) is 11.9 Å². The van der Waals surface area contributed by atoms with Crippen LogP contribution in [0, 0.1) is 5.41 Å². The molecular weight excluding hydrogens is 272 g/mol. The third kappa shape index (κ3) is 6.40. The fourth-order valence-electron chi connectivity index (χ4n) is 2.23. The van der Waals surface area contributed by atoms with Crippen LogP contribution < -0.4 is 11.1 Å². The van der Waals surface area contributed by atoms with Gasteiger partial charge in [0.25, 0.3) is 0 Å². The van der Waals surface area contributed by atoms with E-state index < -0.39 is 0 Å². The molecule has 112 valence electrons. The van der Waals surface area contributed by atoms with Crippen molar-refractivity contribution in [3.8, 4) is 0 Å². The number of benzene rings is 1. The van der Waals surface area contributed by atoms with E-state index in [0.717, 1.165) is 12.0 Å². The summed E-state index contributed by atoms with van der Waals surface area (Å²) in [7, 11) is 0. The highest BCUT2D eigenvalue weighted by molar-refractivity contribution is 6.30. The molecule has 0 aliphatic heterocycles. The van der Waals surface area contributed by atoms with Gasteiger partial charge in [-0.1, -0.05) is 44.5 Å². The summed E-state index contributed by atoms with van der Waals surface area (Å²) in [6, 6.07) is 7.34. The number of carbonyl (C=O) groups excluding carboxylic acids is 1. The van der Waals surface area contributed by atoms with Gasteiger partial charge in [-0.05, 0) is 36.5 Å². The zero-order valence-corrected chi connectivity index (χ0v) is 13.5. The molecule has 0 spiro atoms. The van der Waals surface area contributed by atoms with Crippen LogP contribution in [0.3, 0.4) is 0 Å². The second-order valence-electron chi connectivity index (χ2n) is 6.57. The van der Waals surface area contributed by atoms with E-state index in [2.05, 4.69) is 26.1 Å². The normalized spacial score (nSPS) is 14.7. The summed E-state index contributed by atoms with van der Waals surface area (Å²) in [4.78, 5) is 12.0. The average molecular weight is 297 g/mol. The number of rotatable bonds is 5. The SMILES string of the molecule is C[C@@H](NC(=O)CC(N)CC(C)(C)C)c1ccc(Cl)cc1. The average Bonchev–Trinajstić information content (AvgIpc) is 2.26. The predicted molar refractivity (Wildman–Crippen MR) is 84.7 cm³/mol. The summed E-state index contributed by atoms with van der Waals surface area (Å²) in [5.74, 6) is -0.0100. The maximum atomic E-state index is 12.0. The van der Waals surface area contributed by atoms with Gasteiger partial charge in [-0.15, -0.1) is 0 Å². The standard InChI is InChI=1S/C16H25ClN2O/c1-11(12-5-7-13(17)8-6-12)19-15(20)9-14(18)10-16(2,3)4/h5-8,11,14H,9-10,18H2,1-4H3,(H,19,20)/t11-,14?/m1/s1. The smallest absolute Gasteiger partial charge is 0.222 e. The van der Waals surface area contributed by atoms with Gasteiger partial charge in [0.15, 0.2) is 0 Å². The molecule has 0 aliphatic carbocycles. The van der Waals surface area contributed by atoms with Gasteiger partial charge in [-0.2, -0.15) is 0 Å². The van der Waals surface area contributed by atoms with Crippen LogP contribution in [0.2, 0.25) is 5.02 Å². The molecule has 1 unspecified atom stereocenters. The third-order valence-corrected chi connectivity index (χ3v) is 3.32. The second-order valence-corrected chi connectivity index (χ2v) is 7.01. The molecule has 1 aromatic carbocycles. The molecule has 1 amide bonds. The fourth-order valence-corrected chi connectivity index (χ4v) is 2.36. The van der Waals surface area contributed by atoms with E-state index >= 15 is 0 Å². The molecule has 0 saturated heterocycles. The Kier molecular flexibility index (Phi) is 6.03. The van der Waals surface area contributed by atoms with Crippen molar-refractivity contribution in [2.45, 2.75) is 52.6 Å². The molecule has 3 N–H and O–H groups in total. The highest BCUT2D eigenvalue weighted by atomic mass is 35.5. The number of hydrogen-bond acceptors (Lipinski definition) is 2. The van der Waals surface area contributed by atoms with Gasteiger partial charge in [-0.3, -0.25) is 4.79 Å². The summed E-state index contributed by atoms with van der Waals surface area (Å²) >= 11 is 5.85. The molecule has 1 aromatic rings. The third-order valence-electron chi connectivity index (χ3n) is 3.07. The first-order valence-corrected chi connectivity index (χ1v) is 7.35. The van der Waals surface area contributed by atoms with Crippen LogP contribution in [0.25, 0.3) is 0 Å². The van der Waals surface area contributed by atoms with Crippen LogP contribution in [0.5, 0.6) is 0 Å². The van der Waals surface area contributed by atoms with Crippen molar-refractivity contribution in [1.29, 1.82) is 0 Å². The van der Waals surface area contributed by atoms with Crippen molar-refractivity contribution < 1.29 is 4.79 Å². The van der Waals surface area contributed by atoms with Gasteiger partial charge in [-0.25, -0.2) is 0 Å². The first-order valence-electron chi connectivity index (χ1n) is 6.98. The molecule has 0 radical (unpaired) electrons. The van der Waals surface area contributed by atoms with E-state index in [1.807, 2.05) is 31.2 Å². The lowest BCUT2D eigenvalue weighted by Crippen LogP contribution is -2.35. The Morgan fingerprint density at radius 3 is 2.35 bits per heavy atom. The Morgan fingerprint density at radius 2 is 1.85 bits per heavy atom. The molecule has 0 aliphatic rings. The van der Waals surface area contributed by atoms with Crippen molar-refractivity contribution in [2.75, 3.05) is 0 Å². The van der Waals surface area contributed by atoms with Gasteiger partial charge in [0.05, 0.1) is 6.04 Å². The van der Waals surface area contributed by atoms with E-state index in [1.54, 1.807) is 0 Å². The maximum absolute atomic E-state index is 12.0. The Hall–Kier alpha value is -1.06. The molecule has 1 rings (SSSR count). The van der Waals surface area contributed by atoms with Crippen LogP contribution in [0.1, 0.15) is 52.1 Å². The summed E-state index contributed by atoms with van der Waals surface area (Å²) in [6.45, 7) is 8.33. The summed E-state index contributed by atoms with van der Waals surface area (Å²) in [5.41, 5.74) is 7.19. The molecule has 20 heavy (non-hydrogen) atoms. The molecule has 2 atom stereocenters. The van der Waals surface area contributed by atoms with Gasteiger partial charge < -0.3 is 11.1 Å². The number of nitrogens with one attached hydrogen (secondary N) is 1. The van der Waals surface area contributed by atoms with E-state index in [9.17, 15) is 4.79 Å². The molecule has 0 bridgehead atoms. The highest BCUT2D eigenvalue weighted by Crippen LogP contribution is 2.21. The first kappa shape index (κ1) is 17.0. The Morgan fingerprint density at radius 1 is 1.30 bits per heavy atom. The Bertz CT molecular complexity index is 437. The van der Waals surface area contributed by atoms with E-state index in [1.165, 1.54) is 0 Å². The molecular formula is C16H25ClN2O. The molecule has 0 heterocycles. The van der Waals surface area contributed by atoms with Gasteiger partial charge in [0.2, 0.25) is 5.91 Å². The lowest BCUT2D eigenvalue weighted by Gasteiger charge is -2.23. The Balaban J connectivity index is 2.47. The van der Waals surface area contributed by atoms with Crippen molar-refractivity contribution in [2.24, 2.45) is 11.1 Å². The minimum absolute atomic E-state index is 0.0100. The summed E-state index contributed by atoms with van der Waals surface area (Å²) in [5, 5.41) is 3.66. The molecule has 4 heteroatoms. The van der Waals surface area contributed by atoms with Gasteiger partial charge in [0, 0.05) is 17.5 Å². The Labute approximate surface area is 126 Å². The molecule has 0 fully saturated rings. The lowest BCUT2D eigenvalue weighted by atomic mass is 9.87. The number of nitrogens with two attached hydrogens (primary N) is 1. The molecule has 0 saturated carbocycles. The van der Waals surface area contributed by atoms with Crippen LogP contribution in [0.15, 0.2) is 24.3 Å². The summed E-state index contributed by atoms with van der Waals surface area (Å²) < 4.78 is 0. The van der Waals surface area contributed by atoms with Crippen molar-refractivity contribution in [1.82, 2.24) is 5.32 Å². The number of halogens is 1. The largest absolute Gasteiger partial charge is 0.350 e. The number of carbonyl (C=O) groups is 1. The lowest BCUT2D eigenvalue weighted by molar-refractivity contribution is -0.122. The van der Waals surface area contributed by atoms with Gasteiger partial charge >= 0.3 is 0 Å². The van der Waals surface area contributed by atoms with Crippen molar-refractivity contribution in [3.05, 3.63) is 34.9 Å². The number of amides is 1.